The van der Waals surface area contributed by atoms with Crippen LogP contribution in [0, 0.1) is 0 Å². The molecule has 2 heterocycles. The predicted molar refractivity (Wildman–Crippen MR) is 94.1 cm³/mol. The zero-order valence-electron chi connectivity index (χ0n) is 13.1. The normalized spacial score (nSPS) is 14.3. The highest BCUT2D eigenvalue weighted by Crippen LogP contribution is 2.29. The van der Waals surface area contributed by atoms with Crippen molar-refractivity contribution in [3.05, 3.63) is 52.6 Å². The van der Waals surface area contributed by atoms with E-state index < -0.39 is 11.5 Å². The van der Waals surface area contributed by atoms with Crippen molar-refractivity contribution in [2.75, 3.05) is 0 Å². The van der Waals surface area contributed by atoms with Crippen LogP contribution in [0.15, 0.2) is 46.3 Å². The summed E-state index contributed by atoms with van der Waals surface area (Å²) in [6.45, 7) is 8.91. The van der Waals surface area contributed by atoms with Crippen LogP contribution in [0.4, 0.5) is 0 Å². The zero-order chi connectivity index (χ0) is 17.9. The van der Waals surface area contributed by atoms with Gasteiger partial charge >= 0.3 is 5.97 Å². The van der Waals surface area contributed by atoms with Crippen molar-refractivity contribution in [1.82, 2.24) is 14.8 Å². The lowest BCUT2D eigenvalue weighted by molar-refractivity contribution is 0.0691. The molecule has 1 unspecified atom stereocenters. The fraction of sp³-hybridized carbons (Fsp3) is 0.250. The first-order chi connectivity index (χ1) is 11.4. The Morgan fingerprint density at radius 3 is 2.83 bits per heavy atom. The smallest absolute Gasteiger partial charge is 0.358 e. The summed E-state index contributed by atoms with van der Waals surface area (Å²) in [4.78, 5) is 29.4. The van der Waals surface area contributed by atoms with Crippen LogP contribution in [0.1, 0.15) is 29.9 Å². The number of rotatable bonds is 7. The summed E-state index contributed by atoms with van der Waals surface area (Å²) in [5.74, 6) is -1.23. The number of aromatic carboxylic acids is 1. The predicted octanol–water partition coefficient (Wildman–Crippen LogP) is 2.75. The summed E-state index contributed by atoms with van der Waals surface area (Å²) < 4.78 is 1.51. The number of carbonyl (C=O) groups is 1. The number of H-pyrrole nitrogens is 1. The average Bonchev–Trinajstić information content (AvgIpc) is 2.89. The molecule has 0 saturated heterocycles. The Labute approximate surface area is 143 Å². The maximum Gasteiger partial charge on any atom is 0.358 e. The Bertz CT molecular complexity index is 879. The van der Waals surface area contributed by atoms with Gasteiger partial charge in [-0.1, -0.05) is 12.7 Å². The van der Waals surface area contributed by atoms with E-state index in [4.69, 9.17) is 11.6 Å². The molecular weight excluding hydrogens is 332 g/mol. The fourth-order valence-electron chi connectivity index (χ4n) is 2.43. The number of nitrogens with zero attached hydrogens (tertiary/aromatic N) is 3. The minimum absolute atomic E-state index is 0.165. The van der Waals surface area contributed by atoms with Gasteiger partial charge in [0.25, 0.3) is 0 Å². The third-order valence-corrected chi connectivity index (χ3v) is 3.86. The van der Waals surface area contributed by atoms with Gasteiger partial charge in [0, 0.05) is 18.2 Å². The molecule has 0 fully saturated rings. The molecular formula is C16H17ClN4O3. The van der Waals surface area contributed by atoms with Crippen LogP contribution in [0.2, 0.25) is 0 Å². The van der Waals surface area contributed by atoms with E-state index in [1.54, 1.807) is 19.1 Å². The van der Waals surface area contributed by atoms with E-state index >= 15 is 0 Å². The van der Waals surface area contributed by atoms with E-state index in [9.17, 15) is 14.7 Å². The molecule has 0 bridgehead atoms. The number of carboxylic acids is 1. The number of nitrogens with one attached hydrogen (secondary N) is 1. The number of alkyl halides is 1. The first-order valence-electron chi connectivity index (χ1n) is 7.16. The Hall–Kier alpha value is -2.67. The third kappa shape index (κ3) is 3.46. The van der Waals surface area contributed by atoms with Gasteiger partial charge in [0.15, 0.2) is 5.69 Å². The second-order valence-electron chi connectivity index (χ2n) is 5.18. The molecule has 0 aliphatic heterocycles. The van der Waals surface area contributed by atoms with Crippen molar-refractivity contribution in [2.24, 2.45) is 4.99 Å². The number of hydrogen-bond donors (Lipinski definition) is 2. The molecule has 0 aliphatic rings. The molecule has 2 N–H and O–H groups in total. The molecule has 2 atom stereocenters. The van der Waals surface area contributed by atoms with Crippen molar-refractivity contribution < 1.29 is 9.90 Å². The lowest BCUT2D eigenvalue weighted by Crippen LogP contribution is -2.20. The van der Waals surface area contributed by atoms with Gasteiger partial charge in [-0.15, -0.1) is 11.6 Å². The van der Waals surface area contributed by atoms with Gasteiger partial charge in [0.1, 0.15) is 5.52 Å². The van der Waals surface area contributed by atoms with Crippen molar-refractivity contribution in [3.8, 4) is 0 Å². The molecule has 0 spiro atoms. The fourth-order valence-corrected chi connectivity index (χ4v) is 2.63. The van der Waals surface area contributed by atoms with Crippen molar-refractivity contribution in [2.45, 2.75) is 24.8 Å². The van der Waals surface area contributed by atoms with Crippen LogP contribution in [-0.4, -0.2) is 37.9 Å². The number of pyridine rings is 1. The molecule has 7 nitrogen and oxygen atoms in total. The minimum Gasteiger partial charge on any atom is -0.476 e. The Morgan fingerprint density at radius 1 is 1.58 bits per heavy atom. The molecule has 24 heavy (non-hydrogen) atoms. The summed E-state index contributed by atoms with van der Waals surface area (Å²) in [6.07, 6.45) is 3.67. The van der Waals surface area contributed by atoms with Crippen LogP contribution >= 0.6 is 11.6 Å². The van der Waals surface area contributed by atoms with Crippen LogP contribution in [0.5, 0.6) is 0 Å². The molecule has 0 amide bonds. The molecule has 0 aliphatic carbocycles. The van der Waals surface area contributed by atoms with E-state index in [1.807, 2.05) is 0 Å². The van der Waals surface area contributed by atoms with Gasteiger partial charge < -0.3 is 10.1 Å². The second-order valence-corrected chi connectivity index (χ2v) is 5.87. The Morgan fingerprint density at radius 2 is 2.29 bits per heavy atom. The number of halogens is 1. The molecule has 2 aromatic heterocycles. The first kappa shape index (κ1) is 17.7. The summed E-state index contributed by atoms with van der Waals surface area (Å²) in [7, 11) is 0. The van der Waals surface area contributed by atoms with Crippen LogP contribution in [-0.2, 0) is 0 Å². The highest BCUT2D eigenvalue weighted by atomic mass is 35.5. The quantitative estimate of drug-likeness (QED) is 0.456. The van der Waals surface area contributed by atoms with Gasteiger partial charge in [-0.3, -0.25) is 14.5 Å². The number of aromatic nitrogens is 3. The number of carboxylic acid groups (broad SMARTS) is 1. The largest absolute Gasteiger partial charge is 0.476 e. The number of hydrogen-bond acceptors (Lipinski definition) is 4. The lowest BCUT2D eigenvalue weighted by Gasteiger charge is -2.21. The minimum atomic E-state index is -1.23. The van der Waals surface area contributed by atoms with E-state index in [0.717, 1.165) is 0 Å². The van der Waals surface area contributed by atoms with E-state index in [0.29, 0.717) is 17.6 Å². The third-order valence-electron chi connectivity index (χ3n) is 3.57. The molecule has 2 aromatic rings. The lowest BCUT2D eigenvalue weighted by atomic mass is 10.1. The van der Waals surface area contributed by atoms with Gasteiger partial charge in [-0.25, -0.2) is 4.79 Å². The highest BCUT2D eigenvalue weighted by Gasteiger charge is 2.25. The molecule has 8 heteroatoms. The molecule has 0 saturated carbocycles. The molecule has 0 radical (unpaired) electrons. The summed E-state index contributed by atoms with van der Waals surface area (Å²) in [5, 5.41) is 13.1. The highest BCUT2D eigenvalue weighted by molar-refractivity contribution is 6.20. The van der Waals surface area contributed by atoms with Gasteiger partial charge in [-0.05, 0) is 25.8 Å². The van der Waals surface area contributed by atoms with Crippen molar-refractivity contribution in [1.29, 1.82) is 0 Å². The zero-order valence-corrected chi connectivity index (χ0v) is 13.8. The van der Waals surface area contributed by atoms with Crippen LogP contribution in [0.25, 0.3) is 11.0 Å². The summed E-state index contributed by atoms with van der Waals surface area (Å²) in [5.41, 5.74) is 0.656. The molecule has 0 aromatic carbocycles. The van der Waals surface area contributed by atoms with Crippen LogP contribution < -0.4 is 5.56 Å². The molecule has 126 valence electrons. The topological polar surface area (TPSA) is 100 Å². The standard InChI is InChI=1S/C16H17ClN4O3/c1-4-5-10(18-3)8-12(9(2)17)21-11-6-7-13(22)19-14(11)15(20-21)16(23)24/h4-7,9,12H,1,3,8H2,2H3,(H,19,22)(H,23,24)/b10-5+/t9?,12-/m1/s1. The van der Waals surface area contributed by atoms with E-state index in [1.165, 1.54) is 16.8 Å². The van der Waals surface area contributed by atoms with E-state index in [2.05, 4.69) is 28.4 Å². The van der Waals surface area contributed by atoms with Gasteiger partial charge in [-0.2, -0.15) is 5.10 Å². The SMILES string of the molecule is C=C/C=C(\C[C@H](C(C)Cl)n1nc(C(=O)O)c2[nH]c(=O)ccc21)N=C. The second kappa shape index (κ2) is 7.27. The Kier molecular flexibility index (Phi) is 5.35. The number of fused-ring (bicyclic) bond motifs is 1. The number of aromatic amines is 1. The monoisotopic (exact) mass is 348 g/mol. The summed E-state index contributed by atoms with van der Waals surface area (Å²) >= 11 is 6.30. The van der Waals surface area contributed by atoms with Gasteiger partial charge in [0.05, 0.1) is 16.9 Å². The average molecular weight is 349 g/mol. The van der Waals surface area contributed by atoms with Crippen molar-refractivity contribution >= 4 is 35.3 Å². The van der Waals surface area contributed by atoms with E-state index in [-0.39, 0.29) is 22.6 Å². The maximum absolute atomic E-state index is 11.5. The Balaban J connectivity index is 2.64. The number of allylic oxidation sites excluding steroid dienone is 3. The number of aliphatic imine (C=N–C) groups is 1. The first-order valence-corrected chi connectivity index (χ1v) is 7.60. The van der Waals surface area contributed by atoms with Crippen molar-refractivity contribution in [3.63, 3.8) is 0 Å². The summed E-state index contributed by atoms with van der Waals surface area (Å²) in [6, 6.07) is 2.46. The maximum atomic E-state index is 11.5. The molecule has 2 rings (SSSR count). The van der Waals surface area contributed by atoms with Crippen LogP contribution in [0.3, 0.4) is 0 Å². The van der Waals surface area contributed by atoms with Gasteiger partial charge in [0.2, 0.25) is 5.56 Å².